The lowest BCUT2D eigenvalue weighted by atomic mass is 9.69. The molecule has 6 aliphatic rings. The van der Waals surface area contributed by atoms with Crippen LogP contribution in [0.5, 0.6) is 0 Å². The molecule has 2 aliphatic carbocycles. The van der Waals surface area contributed by atoms with Crippen LogP contribution in [0.1, 0.15) is 149 Å². The van der Waals surface area contributed by atoms with Crippen molar-refractivity contribution in [3.63, 3.8) is 0 Å². The molecular formula is C60H73ClN10O6S. The van der Waals surface area contributed by atoms with E-state index in [4.69, 9.17) is 21.3 Å². The predicted octanol–water partition coefficient (Wildman–Crippen LogP) is 8.24. The van der Waals surface area contributed by atoms with Gasteiger partial charge in [-0.25, -0.2) is 9.67 Å². The topological polar surface area (TPSA) is 184 Å². The van der Waals surface area contributed by atoms with Gasteiger partial charge in [-0.05, 0) is 138 Å². The van der Waals surface area contributed by atoms with E-state index in [-0.39, 0.29) is 41.8 Å². The first-order chi connectivity index (χ1) is 37.7. The van der Waals surface area contributed by atoms with Crippen molar-refractivity contribution in [2.45, 2.75) is 145 Å². The predicted molar refractivity (Wildman–Crippen MR) is 301 cm³/mol. The normalized spacial score (nSPS) is 23.8. The summed E-state index contributed by atoms with van der Waals surface area (Å²) < 4.78 is 9.36. The number of carbonyl (C=O) groups excluding carboxylic acids is 2. The zero-order valence-corrected chi connectivity index (χ0v) is 46.7. The molecule has 18 heteroatoms. The maximum absolute atomic E-state index is 14.8. The summed E-state index contributed by atoms with van der Waals surface area (Å²) >= 11 is 8.25. The van der Waals surface area contributed by atoms with Gasteiger partial charge in [0.05, 0.1) is 79.8 Å². The number of aliphatic hydroxyl groups excluding tert-OH is 1. The van der Waals surface area contributed by atoms with Gasteiger partial charge in [0.25, 0.3) is 11.5 Å². The molecule has 0 bridgehead atoms. The molecule has 4 aliphatic heterocycles. The third kappa shape index (κ3) is 10.3. The number of fused-ring (bicyclic) bond motifs is 7. The number of rotatable bonds is 13. The fourth-order valence-electron chi connectivity index (χ4n) is 14.2. The number of aryl methyl sites for hydroxylation is 1. The van der Waals surface area contributed by atoms with Crippen LogP contribution in [-0.2, 0) is 19.7 Å². The van der Waals surface area contributed by atoms with Crippen LogP contribution >= 0.6 is 22.9 Å². The number of hydrogen-bond donors (Lipinski definition) is 3. The SMILES string of the molecule is Cc1ncsc1-c1ccc([C@H](CN2CCOCC2)NC(=O)[C@@H]2C[C@@H](O)CN2C(=O)[C@@H](n2cc(C3CCC(CN4CCC(c5ccc6c(c5)-n5c(nc(=O)c7c(Cl)cccc75)C65CCCCC5)CC4)CC3)nn2)C(C)(C)O)cc1. The Hall–Kier alpha value is -5.40. The number of carbonyl (C=O) groups is 2. The summed E-state index contributed by atoms with van der Waals surface area (Å²) in [6, 6.07) is 18.5. The smallest absolute Gasteiger partial charge is 0.282 e. The second-order valence-electron chi connectivity index (χ2n) is 23.9. The second-order valence-corrected chi connectivity index (χ2v) is 25.1. The molecule has 1 spiro atoms. The molecule has 5 fully saturated rings. The lowest BCUT2D eigenvalue weighted by molar-refractivity contribution is -0.147. The molecule has 3 aromatic carbocycles. The van der Waals surface area contributed by atoms with Crippen LogP contribution in [0.4, 0.5) is 0 Å². The maximum atomic E-state index is 14.8. The highest BCUT2D eigenvalue weighted by Crippen LogP contribution is 2.52. The molecule has 412 valence electrons. The van der Waals surface area contributed by atoms with Crippen LogP contribution in [-0.4, -0.2) is 143 Å². The molecule has 6 aromatic rings. The van der Waals surface area contributed by atoms with E-state index >= 15 is 0 Å². The van der Waals surface area contributed by atoms with E-state index in [1.54, 1.807) is 31.3 Å². The van der Waals surface area contributed by atoms with Crippen LogP contribution < -0.4 is 10.9 Å². The summed E-state index contributed by atoms with van der Waals surface area (Å²) in [6.45, 7) is 11.5. The van der Waals surface area contributed by atoms with Gasteiger partial charge in [-0.2, -0.15) is 4.98 Å². The van der Waals surface area contributed by atoms with E-state index < -0.39 is 29.7 Å². The van der Waals surface area contributed by atoms with Crippen molar-refractivity contribution < 1.29 is 24.5 Å². The maximum Gasteiger partial charge on any atom is 0.282 e. The molecule has 2 saturated carbocycles. The molecule has 78 heavy (non-hydrogen) atoms. The van der Waals surface area contributed by atoms with Gasteiger partial charge in [-0.1, -0.05) is 78.5 Å². The molecule has 3 aromatic heterocycles. The monoisotopic (exact) mass is 1100 g/mol. The summed E-state index contributed by atoms with van der Waals surface area (Å²) in [4.78, 5) is 59.4. The highest BCUT2D eigenvalue weighted by atomic mass is 35.5. The lowest BCUT2D eigenvalue weighted by Crippen LogP contribution is -2.53. The molecule has 4 atom stereocenters. The lowest BCUT2D eigenvalue weighted by Gasteiger charge is -2.37. The minimum absolute atomic E-state index is 0.0385. The van der Waals surface area contributed by atoms with E-state index in [1.807, 2.05) is 42.9 Å². The minimum Gasteiger partial charge on any atom is -0.391 e. The van der Waals surface area contributed by atoms with Crippen molar-refractivity contribution in [1.29, 1.82) is 0 Å². The largest absolute Gasteiger partial charge is 0.391 e. The summed E-state index contributed by atoms with van der Waals surface area (Å²) in [5.74, 6) is 1.24. The van der Waals surface area contributed by atoms with Gasteiger partial charge >= 0.3 is 0 Å². The van der Waals surface area contributed by atoms with Crippen LogP contribution in [0.2, 0.25) is 5.02 Å². The van der Waals surface area contributed by atoms with Crippen LogP contribution in [0.25, 0.3) is 27.0 Å². The van der Waals surface area contributed by atoms with Gasteiger partial charge in [0.2, 0.25) is 5.91 Å². The Balaban J connectivity index is 0.676. The van der Waals surface area contributed by atoms with Crippen LogP contribution in [0.15, 0.2) is 77.2 Å². The molecule has 0 unspecified atom stereocenters. The van der Waals surface area contributed by atoms with Crippen molar-refractivity contribution in [2.24, 2.45) is 5.92 Å². The summed E-state index contributed by atoms with van der Waals surface area (Å²) in [5.41, 5.74) is 8.24. The first-order valence-electron chi connectivity index (χ1n) is 28.5. The Labute approximate surface area is 465 Å². The van der Waals surface area contributed by atoms with E-state index in [1.165, 1.54) is 27.1 Å². The molecule has 3 saturated heterocycles. The standard InChI is InChI=1S/C60H73ClN10O6S/c1-37-53(78-36-62-37)42-16-14-40(15-17-42)47(34-68-26-28-77-29-27-68)63-55(73)51-31-44(72)33-69(51)57(75)54(59(2,3)76)70-35-48(65-66-70)41-12-10-38(11-13-41)32-67-24-20-39(21-25-67)43-18-19-45-50(30-43)71-49-9-7-8-46(61)52(49)56(74)64-58(71)60(45)22-5-4-6-23-60/h7-9,14-19,30,35-36,38-39,41,44,47,51,54,72,76H,4-6,10-13,20-29,31-34H2,1-3H3,(H,63,73)/t38?,41?,44-,47+,51+,54-/m1/s1. The number of hydrogen-bond acceptors (Lipinski definition) is 13. The summed E-state index contributed by atoms with van der Waals surface area (Å²) in [6.07, 6.45) is 12.7. The summed E-state index contributed by atoms with van der Waals surface area (Å²) in [7, 11) is 0. The Morgan fingerprint density at radius 3 is 2.41 bits per heavy atom. The highest BCUT2D eigenvalue weighted by Gasteiger charge is 2.48. The van der Waals surface area contributed by atoms with E-state index in [0.29, 0.717) is 42.0 Å². The second kappa shape index (κ2) is 21.9. The fourth-order valence-corrected chi connectivity index (χ4v) is 15.3. The van der Waals surface area contributed by atoms with Gasteiger partial charge < -0.3 is 30.1 Å². The number of morpholine rings is 1. The fraction of sp³-hybridized carbons (Fsp3) is 0.550. The molecule has 0 radical (unpaired) electrons. The van der Waals surface area contributed by atoms with Crippen LogP contribution in [0, 0.1) is 12.8 Å². The quantitative estimate of drug-likeness (QED) is 0.101. The zero-order chi connectivity index (χ0) is 53.9. The molecule has 2 amide bonds. The molecular weight excluding hydrogens is 1020 g/mol. The minimum atomic E-state index is -1.56. The zero-order valence-electron chi connectivity index (χ0n) is 45.2. The third-order valence-corrected chi connectivity index (χ3v) is 19.7. The van der Waals surface area contributed by atoms with Gasteiger partial charge in [-0.15, -0.1) is 16.4 Å². The number of β-amino-alcohol motifs (C(OH)–C–C–N with tert-alkyl or cyclic N) is 1. The number of aromatic nitrogens is 6. The summed E-state index contributed by atoms with van der Waals surface area (Å²) in [5, 5.41) is 36.0. The van der Waals surface area contributed by atoms with E-state index in [0.717, 1.165) is 141 Å². The number of thiazole rings is 1. The number of benzene rings is 3. The average molecular weight is 1100 g/mol. The van der Waals surface area contributed by atoms with Crippen molar-refractivity contribution in [3.05, 3.63) is 122 Å². The average Bonchev–Trinajstić information content (AvgIpc) is 4.23. The molecule has 3 N–H and O–H groups in total. The molecule has 7 heterocycles. The van der Waals surface area contributed by atoms with Gasteiger partial charge in [0.1, 0.15) is 11.9 Å². The first kappa shape index (κ1) is 53.3. The van der Waals surface area contributed by atoms with E-state index in [9.17, 15) is 24.6 Å². The van der Waals surface area contributed by atoms with Crippen molar-refractivity contribution >= 4 is 45.7 Å². The number of halogens is 1. The number of aliphatic hydroxyl groups is 2. The van der Waals surface area contributed by atoms with E-state index in [2.05, 4.69) is 65.3 Å². The van der Waals surface area contributed by atoms with Crippen molar-refractivity contribution in [2.75, 3.05) is 59.0 Å². The number of nitrogens with zero attached hydrogens (tertiary/aromatic N) is 9. The Morgan fingerprint density at radius 1 is 0.936 bits per heavy atom. The van der Waals surface area contributed by atoms with Gasteiger partial charge in [0, 0.05) is 51.3 Å². The Bertz CT molecular complexity index is 3220. The number of piperidine rings is 1. The highest BCUT2D eigenvalue weighted by molar-refractivity contribution is 7.13. The van der Waals surface area contributed by atoms with Gasteiger partial charge in [0.15, 0.2) is 6.04 Å². The Kier molecular flexibility index (Phi) is 15.0. The molecule has 16 nitrogen and oxygen atoms in total. The number of nitrogens with one attached hydrogen (secondary N) is 1. The Morgan fingerprint density at radius 2 is 1.69 bits per heavy atom. The van der Waals surface area contributed by atoms with Crippen molar-refractivity contribution in [1.82, 2.24) is 49.5 Å². The number of amides is 2. The first-order valence-corrected chi connectivity index (χ1v) is 29.8. The number of likely N-dealkylation sites (tertiary alicyclic amines) is 2. The number of ether oxygens (including phenoxy) is 1. The molecule has 12 rings (SSSR count). The van der Waals surface area contributed by atoms with Crippen LogP contribution in [0.3, 0.4) is 0 Å². The third-order valence-electron chi connectivity index (χ3n) is 18.4. The van der Waals surface area contributed by atoms with Gasteiger partial charge in [-0.3, -0.25) is 23.9 Å². The van der Waals surface area contributed by atoms with Crippen molar-refractivity contribution in [3.8, 4) is 16.1 Å².